The highest BCUT2D eigenvalue weighted by Crippen LogP contribution is 2.24. The van der Waals surface area contributed by atoms with E-state index in [1.54, 1.807) is 0 Å². The van der Waals surface area contributed by atoms with E-state index in [1.807, 2.05) is 26.8 Å². The van der Waals surface area contributed by atoms with Crippen molar-refractivity contribution in [3.8, 4) is 0 Å². The summed E-state index contributed by atoms with van der Waals surface area (Å²) in [4.78, 5) is 11.6. The zero-order valence-corrected chi connectivity index (χ0v) is 10.2. The average molecular weight is 216 g/mol. The minimum atomic E-state index is -0.221. The molecule has 0 saturated heterocycles. The molecule has 16 heavy (non-hydrogen) atoms. The van der Waals surface area contributed by atoms with Crippen molar-refractivity contribution in [2.45, 2.75) is 34.1 Å². The number of fused-ring (bicyclic) bond motifs is 1. The fraction of sp³-hybridized carbons (Fsp3) is 0.357. The Hall–Kier alpha value is -1.57. The largest absolute Gasteiger partial charge is 0.422 e. The molecular formula is C14H16O2. The number of aryl methyl sites for hydroxylation is 3. The highest BCUT2D eigenvalue weighted by molar-refractivity contribution is 5.84. The van der Waals surface area contributed by atoms with Gasteiger partial charge in [-0.2, -0.15) is 0 Å². The minimum absolute atomic E-state index is 0.221. The van der Waals surface area contributed by atoms with Gasteiger partial charge in [-0.15, -0.1) is 0 Å². The first-order valence-electron chi connectivity index (χ1n) is 5.58. The van der Waals surface area contributed by atoms with Gasteiger partial charge < -0.3 is 4.42 Å². The van der Waals surface area contributed by atoms with Crippen LogP contribution in [0, 0.1) is 20.8 Å². The molecule has 0 aliphatic carbocycles. The summed E-state index contributed by atoms with van der Waals surface area (Å²) in [5.41, 5.74) is 4.57. The second-order valence-electron chi connectivity index (χ2n) is 4.22. The summed E-state index contributed by atoms with van der Waals surface area (Å²) >= 11 is 0. The Labute approximate surface area is 94.9 Å². The highest BCUT2D eigenvalue weighted by Gasteiger charge is 2.10. The van der Waals surface area contributed by atoms with E-state index in [0.29, 0.717) is 5.56 Å². The lowest BCUT2D eigenvalue weighted by Gasteiger charge is -2.09. The predicted octanol–water partition coefficient (Wildman–Crippen LogP) is 3.28. The van der Waals surface area contributed by atoms with E-state index < -0.39 is 0 Å². The van der Waals surface area contributed by atoms with Crippen molar-refractivity contribution < 1.29 is 4.42 Å². The third kappa shape index (κ3) is 1.45. The molecular weight excluding hydrogens is 200 g/mol. The Bertz CT molecular complexity index is 606. The third-order valence-electron chi connectivity index (χ3n) is 3.37. The summed E-state index contributed by atoms with van der Waals surface area (Å²) in [5, 5.41) is 1.05. The SMILES string of the molecule is CCc1ccc2c(C)c(C)c(=O)oc2c1C. The molecule has 0 bridgehead atoms. The van der Waals surface area contributed by atoms with E-state index >= 15 is 0 Å². The third-order valence-corrected chi connectivity index (χ3v) is 3.37. The maximum atomic E-state index is 11.6. The second-order valence-corrected chi connectivity index (χ2v) is 4.22. The zero-order valence-electron chi connectivity index (χ0n) is 10.2. The standard InChI is InChI=1S/C14H16O2/c1-5-11-6-7-12-8(2)9(3)14(15)16-13(12)10(11)4/h6-7H,5H2,1-4H3. The molecule has 1 aromatic heterocycles. The molecule has 84 valence electrons. The van der Waals surface area contributed by atoms with Crippen LogP contribution in [0.15, 0.2) is 21.3 Å². The maximum absolute atomic E-state index is 11.6. The van der Waals surface area contributed by atoms with Crippen LogP contribution in [-0.4, -0.2) is 0 Å². The fourth-order valence-corrected chi connectivity index (χ4v) is 2.07. The van der Waals surface area contributed by atoms with Crippen LogP contribution in [0.3, 0.4) is 0 Å². The molecule has 0 fully saturated rings. The molecule has 2 aromatic rings. The molecule has 2 rings (SSSR count). The van der Waals surface area contributed by atoms with Gasteiger partial charge >= 0.3 is 5.63 Å². The van der Waals surface area contributed by atoms with Crippen molar-refractivity contribution in [1.29, 1.82) is 0 Å². The van der Waals surface area contributed by atoms with E-state index in [4.69, 9.17) is 4.42 Å². The Kier molecular flexibility index (Phi) is 2.58. The van der Waals surface area contributed by atoms with Crippen LogP contribution in [0.4, 0.5) is 0 Å². The van der Waals surface area contributed by atoms with E-state index in [9.17, 15) is 4.79 Å². The molecule has 0 aliphatic rings. The summed E-state index contributed by atoms with van der Waals surface area (Å²) in [6.07, 6.45) is 0.957. The molecule has 1 aromatic carbocycles. The van der Waals surface area contributed by atoms with Crippen LogP contribution < -0.4 is 5.63 Å². The molecule has 0 aliphatic heterocycles. The van der Waals surface area contributed by atoms with Crippen LogP contribution >= 0.6 is 0 Å². The van der Waals surface area contributed by atoms with Gasteiger partial charge in [-0.05, 0) is 43.9 Å². The first-order valence-corrected chi connectivity index (χ1v) is 5.58. The fourth-order valence-electron chi connectivity index (χ4n) is 2.07. The number of hydrogen-bond acceptors (Lipinski definition) is 2. The van der Waals surface area contributed by atoms with Crippen molar-refractivity contribution in [3.63, 3.8) is 0 Å². The van der Waals surface area contributed by atoms with Gasteiger partial charge in [-0.1, -0.05) is 19.1 Å². The zero-order chi connectivity index (χ0) is 11.9. The second kappa shape index (κ2) is 3.78. The Balaban J connectivity index is 2.96. The number of rotatable bonds is 1. The quantitative estimate of drug-likeness (QED) is 0.685. The highest BCUT2D eigenvalue weighted by atomic mass is 16.4. The summed E-state index contributed by atoms with van der Waals surface area (Å²) in [7, 11) is 0. The summed E-state index contributed by atoms with van der Waals surface area (Å²) < 4.78 is 5.39. The molecule has 0 unspecified atom stereocenters. The molecule has 2 heteroatoms. The Morgan fingerprint density at radius 3 is 2.38 bits per heavy atom. The lowest BCUT2D eigenvalue weighted by atomic mass is 9.99. The molecule has 0 radical (unpaired) electrons. The van der Waals surface area contributed by atoms with Gasteiger partial charge in [0, 0.05) is 10.9 Å². The number of hydrogen-bond donors (Lipinski definition) is 0. The predicted molar refractivity (Wildman–Crippen MR) is 66.1 cm³/mol. The molecule has 0 saturated carbocycles. The summed E-state index contributed by atoms with van der Waals surface area (Å²) in [6.45, 7) is 7.90. The van der Waals surface area contributed by atoms with Crippen molar-refractivity contribution in [2.24, 2.45) is 0 Å². The first kappa shape index (κ1) is 10.9. The summed E-state index contributed by atoms with van der Waals surface area (Å²) in [5.74, 6) is 0. The van der Waals surface area contributed by atoms with Crippen LogP contribution in [0.5, 0.6) is 0 Å². The van der Waals surface area contributed by atoms with Gasteiger partial charge in [0.05, 0.1) is 0 Å². The van der Waals surface area contributed by atoms with Gasteiger partial charge in [-0.25, -0.2) is 4.79 Å². The summed E-state index contributed by atoms with van der Waals surface area (Å²) in [6, 6.07) is 4.16. The van der Waals surface area contributed by atoms with Crippen molar-refractivity contribution in [1.82, 2.24) is 0 Å². The van der Waals surface area contributed by atoms with E-state index in [0.717, 1.165) is 28.5 Å². The molecule has 2 nitrogen and oxygen atoms in total. The van der Waals surface area contributed by atoms with Gasteiger partial charge in [0.2, 0.25) is 0 Å². The van der Waals surface area contributed by atoms with Gasteiger partial charge in [0.25, 0.3) is 0 Å². The average Bonchev–Trinajstić information content (AvgIpc) is 2.28. The number of benzene rings is 1. The van der Waals surface area contributed by atoms with E-state index in [1.165, 1.54) is 5.56 Å². The Morgan fingerprint density at radius 2 is 1.75 bits per heavy atom. The van der Waals surface area contributed by atoms with E-state index in [-0.39, 0.29) is 5.63 Å². The van der Waals surface area contributed by atoms with Gasteiger partial charge in [0.15, 0.2) is 0 Å². The Morgan fingerprint density at radius 1 is 1.06 bits per heavy atom. The monoisotopic (exact) mass is 216 g/mol. The van der Waals surface area contributed by atoms with Crippen molar-refractivity contribution in [3.05, 3.63) is 44.8 Å². The molecule has 0 atom stereocenters. The van der Waals surface area contributed by atoms with Crippen LogP contribution in [0.1, 0.15) is 29.2 Å². The topological polar surface area (TPSA) is 30.2 Å². The molecule has 0 N–H and O–H groups in total. The smallest absolute Gasteiger partial charge is 0.339 e. The molecule has 1 heterocycles. The molecule has 0 amide bonds. The van der Waals surface area contributed by atoms with Crippen LogP contribution in [0.25, 0.3) is 11.0 Å². The first-order chi connectivity index (χ1) is 7.56. The van der Waals surface area contributed by atoms with E-state index in [2.05, 4.69) is 13.0 Å². The minimum Gasteiger partial charge on any atom is -0.422 e. The van der Waals surface area contributed by atoms with Crippen LogP contribution in [-0.2, 0) is 6.42 Å². The maximum Gasteiger partial charge on any atom is 0.339 e. The lowest BCUT2D eigenvalue weighted by molar-refractivity contribution is 0.551. The van der Waals surface area contributed by atoms with Gasteiger partial charge in [0.1, 0.15) is 5.58 Å². The lowest BCUT2D eigenvalue weighted by Crippen LogP contribution is -2.06. The van der Waals surface area contributed by atoms with Gasteiger partial charge in [-0.3, -0.25) is 0 Å². The van der Waals surface area contributed by atoms with Crippen LogP contribution in [0.2, 0.25) is 0 Å². The normalized spacial score (nSPS) is 11.0. The van der Waals surface area contributed by atoms with Crippen molar-refractivity contribution >= 4 is 11.0 Å². The van der Waals surface area contributed by atoms with Crippen molar-refractivity contribution in [2.75, 3.05) is 0 Å². The molecule has 0 spiro atoms.